The maximum absolute atomic E-state index is 12.8. The summed E-state index contributed by atoms with van der Waals surface area (Å²) in [7, 11) is 0. The SMILES string of the molecule is O=C(c1cc(-c2ccccc2)n(-c2cccc(O)c2)n1)N1CCOCC1. The highest BCUT2D eigenvalue weighted by atomic mass is 16.5. The predicted octanol–water partition coefficient (Wildman–Crippen LogP) is 2.72. The average molecular weight is 349 g/mol. The fraction of sp³-hybridized carbons (Fsp3) is 0.200. The van der Waals surface area contributed by atoms with Gasteiger partial charge in [-0.05, 0) is 18.2 Å². The number of ether oxygens (including phenoxy) is 1. The van der Waals surface area contributed by atoms with E-state index in [0.717, 1.165) is 11.3 Å². The van der Waals surface area contributed by atoms with Crippen LogP contribution in [0.2, 0.25) is 0 Å². The van der Waals surface area contributed by atoms with Gasteiger partial charge in [-0.1, -0.05) is 36.4 Å². The second kappa shape index (κ2) is 7.01. The molecule has 1 aliphatic heterocycles. The maximum atomic E-state index is 12.8. The first-order valence-corrected chi connectivity index (χ1v) is 8.54. The fourth-order valence-corrected chi connectivity index (χ4v) is 3.05. The van der Waals surface area contributed by atoms with Crippen LogP contribution in [0.25, 0.3) is 16.9 Å². The van der Waals surface area contributed by atoms with Gasteiger partial charge in [-0.3, -0.25) is 4.79 Å². The molecule has 2 aromatic carbocycles. The third-order valence-electron chi connectivity index (χ3n) is 4.37. The Balaban J connectivity index is 1.79. The molecule has 0 atom stereocenters. The van der Waals surface area contributed by atoms with Crippen molar-refractivity contribution in [3.05, 3.63) is 66.4 Å². The van der Waals surface area contributed by atoms with Gasteiger partial charge in [0.25, 0.3) is 5.91 Å². The van der Waals surface area contributed by atoms with Crippen molar-refractivity contribution in [2.75, 3.05) is 26.3 Å². The maximum Gasteiger partial charge on any atom is 0.274 e. The van der Waals surface area contributed by atoms with Crippen LogP contribution in [0.4, 0.5) is 0 Å². The molecule has 4 rings (SSSR count). The van der Waals surface area contributed by atoms with Crippen molar-refractivity contribution >= 4 is 5.91 Å². The Morgan fingerprint density at radius 2 is 1.77 bits per heavy atom. The van der Waals surface area contributed by atoms with Gasteiger partial charge in [0.2, 0.25) is 0 Å². The highest BCUT2D eigenvalue weighted by Gasteiger charge is 2.23. The van der Waals surface area contributed by atoms with Gasteiger partial charge in [0, 0.05) is 24.7 Å². The summed E-state index contributed by atoms with van der Waals surface area (Å²) in [6, 6.07) is 18.4. The largest absolute Gasteiger partial charge is 0.508 e. The fourth-order valence-electron chi connectivity index (χ4n) is 3.05. The molecule has 0 spiro atoms. The average Bonchev–Trinajstić information content (AvgIpc) is 3.14. The lowest BCUT2D eigenvalue weighted by atomic mass is 10.1. The van der Waals surface area contributed by atoms with E-state index in [-0.39, 0.29) is 11.7 Å². The molecule has 0 radical (unpaired) electrons. The summed E-state index contributed by atoms with van der Waals surface area (Å²) in [6.07, 6.45) is 0. The van der Waals surface area contributed by atoms with E-state index in [0.29, 0.717) is 37.7 Å². The summed E-state index contributed by atoms with van der Waals surface area (Å²) in [5.74, 6) is 0.0439. The number of rotatable bonds is 3. The molecule has 0 bridgehead atoms. The summed E-state index contributed by atoms with van der Waals surface area (Å²) in [6.45, 7) is 2.23. The Morgan fingerprint density at radius 3 is 2.50 bits per heavy atom. The van der Waals surface area contributed by atoms with Crippen LogP contribution in [-0.4, -0.2) is 52.0 Å². The van der Waals surface area contributed by atoms with E-state index in [4.69, 9.17) is 4.74 Å². The smallest absolute Gasteiger partial charge is 0.274 e. The molecule has 1 aliphatic rings. The van der Waals surface area contributed by atoms with Gasteiger partial charge < -0.3 is 14.7 Å². The number of hydrogen-bond acceptors (Lipinski definition) is 4. The second-order valence-corrected chi connectivity index (χ2v) is 6.12. The zero-order valence-electron chi connectivity index (χ0n) is 14.2. The van der Waals surface area contributed by atoms with Crippen LogP contribution in [0.1, 0.15) is 10.5 Å². The standard InChI is InChI=1S/C20H19N3O3/c24-17-8-4-7-16(13-17)23-19(15-5-2-1-3-6-15)14-18(21-23)20(25)22-9-11-26-12-10-22/h1-8,13-14,24H,9-12H2. The first-order chi connectivity index (χ1) is 12.7. The molecular formula is C20H19N3O3. The van der Waals surface area contributed by atoms with Gasteiger partial charge in [0.1, 0.15) is 5.75 Å². The molecule has 26 heavy (non-hydrogen) atoms. The van der Waals surface area contributed by atoms with Crippen molar-refractivity contribution in [3.8, 4) is 22.7 Å². The van der Waals surface area contributed by atoms with E-state index in [1.165, 1.54) is 0 Å². The number of aromatic nitrogens is 2. The normalized spacial score (nSPS) is 14.4. The number of hydrogen-bond donors (Lipinski definition) is 1. The number of amides is 1. The van der Waals surface area contributed by atoms with Crippen molar-refractivity contribution in [3.63, 3.8) is 0 Å². The number of benzene rings is 2. The highest BCUT2D eigenvalue weighted by Crippen LogP contribution is 2.26. The van der Waals surface area contributed by atoms with Crippen LogP contribution in [-0.2, 0) is 4.74 Å². The summed E-state index contributed by atoms with van der Waals surface area (Å²) < 4.78 is 7.02. The molecule has 2 heterocycles. The molecule has 132 valence electrons. The van der Waals surface area contributed by atoms with E-state index < -0.39 is 0 Å². The minimum absolute atomic E-state index is 0.107. The molecule has 0 saturated carbocycles. The lowest BCUT2D eigenvalue weighted by molar-refractivity contribution is 0.0298. The zero-order valence-corrected chi connectivity index (χ0v) is 14.2. The van der Waals surface area contributed by atoms with E-state index in [9.17, 15) is 9.90 Å². The summed E-state index contributed by atoms with van der Waals surface area (Å²) in [5.41, 5.74) is 2.83. The topological polar surface area (TPSA) is 67.6 Å². The van der Waals surface area contributed by atoms with E-state index >= 15 is 0 Å². The van der Waals surface area contributed by atoms with Crippen molar-refractivity contribution in [1.82, 2.24) is 14.7 Å². The first kappa shape index (κ1) is 16.4. The van der Waals surface area contributed by atoms with Gasteiger partial charge in [-0.2, -0.15) is 5.10 Å². The number of aromatic hydroxyl groups is 1. The number of carbonyl (C=O) groups excluding carboxylic acids is 1. The first-order valence-electron chi connectivity index (χ1n) is 8.54. The van der Waals surface area contributed by atoms with Crippen LogP contribution in [0, 0.1) is 0 Å². The Morgan fingerprint density at radius 1 is 1.00 bits per heavy atom. The van der Waals surface area contributed by atoms with E-state index in [2.05, 4.69) is 5.10 Å². The molecule has 1 fully saturated rings. The monoisotopic (exact) mass is 349 g/mol. The molecule has 1 amide bonds. The second-order valence-electron chi connectivity index (χ2n) is 6.12. The van der Waals surface area contributed by atoms with E-state index in [1.807, 2.05) is 36.4 Å². The molecule has 1 N–H and O–H groups in total. The molecule has 6 nitrogen and oxygen atoms in total. The zero-order chi connectivity index (χ0) is 17.9. The molecule has 1 saturated heterocycles. The molecule has 0 aliphatic carbocycles. The van der Waals surface area contributed by atoms with Crippen LogP contribution in [0.3, 0.4) is 0 Å². The molecule has 1 aromatic heterocycles. The number of carbonyl (C=O) groups is 1. The minimum Gasteiger partial charge on any atom is -0.508 e. The van der Waals surface area contributed by atoms with Crippen molar-refractivity contribution in [2.24, 2.45) is 0 Å². The van der Waals surface area contributed by atoms with Gasteiger partial charge in [-0.25, -0.2) is 4.68 Å². The third-order valence-corrected chi connectivity index (χ3v) is 4.37. The Bertz CT molecular complexity index is 915. The molecular weight excluding hydrogens is 330 g/mol. The van der Waals surface area contributed by atoms with Crippen LogP contribution < -0.4 is 0 Å². The highest BCUT2D eigenvalue weighted by molar-refractivity contribution is 5.93. The summed E-state index contributed by atoms with van der Waals surface area (Å²) in [5, 5.41) is 14.4. The Kier molecular flexibility index (Phi) is 4.41. The summed E-state index contributed by atoms with van der Waals surface area (Å²) in [4.78, 5) is 14.6. The lowest BCUT2D eigenvalue weighted by Crippen LogP contribution is -2.40. The van der Waals surface area contributed by atoms with Crippen LogP contribution in [0.15, 0.2) is 60.7 Å². The molecule has 6 heteroatoms. The van der Waals surface area contributed by atoms with E-state index in [1.54, 1.807) is 33.8 Å². The predicted molar refractivity (Wildman–Crippen MR) is 97.4 cm³/mol. The third kappa shape index (κ3) is 3.19. The summed E-state index contributed by atoms with van der Waals surface area (Å²) >= 11 is 0. The van der Waals surface area contributed by atoms with Crippen molar-refractivity contribution < 1.29 is 14.6 Å². The van der Waals surface area contributed by atoms with Crippen molar-refractivity contribution in [1.29, 1.82) is 0 Å². The number of nitrogens with zero attached hydrogens (tertiary/aromatic N) is 3. The van der Waals surface area contributed by atoms with Gasteiger partial charge >= 0.3 is 0 Å². The Hall–Kier alpha value is -3.12. The lowest BCUT2D eigenvalue weighted by Gasteiger charge is -2.25. The van der Waals surface area contributed by atoms with Crippen LogP contribution in [0.5, 0.6) is 5.75 Å². The minimum atomic E-state index is -0.107. The molecule has 3 aromatic rings. The number of phenols is 1. The number of phenolic OH excluding ortho intramolecular Hbond substituents is 1. The quantitative estimate of drug-likeness (QED) is 0.789. The van der Waals surface area contributed by atoms with Gasteiger partial charge in [-0.15, -0.1) is 0 Å². The van der Waals surface area contributed by atoms with Gasteiger partial charge in [0.15, 0.2) is 5.69 Å². The van der Waals surface area contributed by atoms with Crippen molar-refractivity contribution in [2.45, 2.75) is 0 Å². The number of morpholine rings is 1. The Labute approximate surface area is 151 Å². The van der Waals surface area contributed by atoms with Gasteiger partial charge in [0.05, 0.1) is 24.6 Å². The van der Waals surface area contributed by atoms with Crippen LogP contribution >= 0.6 is 0 Å². The molecule has 0 unspecified atom stereocenters.